The molecule has 2 unspecified atom stereocenters. The maximum Gasteiger partial charge on any atom is -0.00518 e. The Morgan fingerprint density at radius 1 is 1.20 bits per heavy atom. The second-order valence-corrected chi connectivity index (χ2v) is 4.64. The highest BCUT2D eigenvalue weighted by molar-refractivity contribution is 5.36. The van der Waals surface area contributed by atoms with Crippen LogP contribution >= 0.6 is 0 Å². The summed E-state index contributed by atoms with van der Waals surface area (Å²) in [5, 5.41) is 0. The van der Waals surface area contributed by atoms with Crippen LogP contribution in [0.1, 0.15) is 53.4 Å². The van der Waals surface area contributed by atoms with Crippen molar-refractivity contribution in [2.45, 2.75) is 53.4 Å². The van der Waals surface area contributed by atoms with Crippen molar-refractivity contribution in [3.63, 3.8) is 0 Å². The van der Waals surface area contributed by atoms with Gasteiger partial charge in [0, 0.05) is 0 Å². The van der Waals surface area contributed by atoms with Crippen LogP contribution in [0.2, 0.25) is 0 Å². The van der Waals surface area contributed by atoms with Gasteiger partial charge in [-0.15, -0.1) is 0 Å². The Morgan fingerprint density at radius 2 is 1.87 bits per heavy atom. The van der Waals surface area contributed by atoms with Gasteiger partial charge in [-0.2, -0.15) is 0 Å². The molecular weight excluding hydrogens is 180 g/mol. The minimum Gasteiger partial charge on any atom is -0.0774 e. The third-order valence-electron chi connectivity index (χ3n) is 3.97. The molecule has 1 radical (unpaired) electrons. The van der Waals surface area contributed by atoms with E-state index >= 15 is 0 Å². The van der Waals surface area contributed by atoms with Gasteiger partial charge in [-0.1, -0.05) is 45.4 Å². The van der Waals surface area contributed by atoms with Crippen LogP contribution in [0.3, 0.4) is 0 Å². The molecule has 0 saturated heterocycles. The second-order valence-electron chi connectivity index (χ2n) is 4.64. The predicted octanol–water partition coefficient (Wildman–Crippen LogP) is 4.93. The van der Waals surface area contributed by atoms with Crippen LogP contribution in [0.15, 0.2) is 23.3 Å². The summed E-state index contributed by atoms with van der Waals surface area (Å²) in [5.74, 6) is 0.660. The van der Waals surface area contributed by atoms with E-state index in [0.717, 1.165) is 12.8 Å². The molecule has 0 N–H and O–H groups in total. The molecule has 0 spiro atoms. The Morgan fingerprint density at radius 3 is 2.27 bits per heavy atom. The van der Waals surface area contributed by atoms with Gasteiger partial charge in [0.1, 0.15) is 0 Å². The molecule has 1 rings (SSSR count). The van der Waals surface area contributed by atoms with Crippen LogP contribution in [0, 0.1) is 18.3 Å². The van der Waals surface area contributed by atoms with E-state index in [0.29, 0.717) is 5.92 Å². The van der Waals surface area contributed by atoms with Crippen LogP contribution in [-0.4, -0.2) is 0 Å². The van der Waals surface area contributed by atoms with Gasteiger partial charge in [0.15, 0.2) is 0 Å². The van der Waals surface area contributed by atoms with Gasteiger partial charge in [-0.25, -0.2) is 0 Å². The number of hydrogen-bond acceptors (Lipinski definition) is 0. The minimum absolute atomic E-state index is 0.152. The summed E-state index contributed by atoms with van der Waals surface area (Å²) in [6.45, 7) is 13.5. The van der Waals surface area contributed by atoms with Gasteiger partial charge in [0.2, 0.25) is 0 Å². The Labute approximate surface area is 95.5 Å². The van der Waals surface area contributed by atoms with Gasteiger partial charge in [0.25, 0.3) is 0 Å². The SMILES string of the molecule is [CH2]C1(CC)C=CC(CC)=C(CC)C1CC. The molecule has 0 heterocycles. The zero-order valence-electron chi connectivity index (χ0n) is 10.8. The van der Waals surface area contributed by atoms with E-state index < -0.39 is 0 Å². The maximum absolute atomic E-state index is 4.45. The fraction of sp³-hybridized carbons (Fsp3) is 0.667. The van der Waals surface area contributed by atoms with Crippen molar-refractivity contribution in [2.75, 3.05) is 0 Å². The number of rotatable bonds is 4. The average molecular weight is 205 g/mol. The molecule has 2 atom stereocenters. The Hall–Kier alpha value is -0.520. The third-order valence-corrected chi connectivity index (χ3v) is 3.97. The van der Waals surface area contributed by atoms with Crippen LogP contribution in [0.25, 0.3) is 0 Å². The summed E-state index contributed by atoms with van der Waals surface area (Å²) in [6, 6.07) is 0. The Balaban J connectivity index is 3.11. The molecular formula is C15H25. The van der Waals surface area contributed by atoms with Crippen molar-refractivity contribution >= 4 is 0 Å². The molecule has 1 aliphatic rings. The quantitative estimate of drug-likeness (QED) is 0.610. The fourth-order valence-electron chi connectivity index (χ4n) is 2.90. The third kappa shape index (κ3) is 2.19. The van der Waals surface area contributed by atoms with Crippen molar-refractivity contribution in [2.24, 2.45) is 11.3 Å². The van der Waals surface area contributed by atoms with Crippen LogP contribution < -0.4 is 0 Å². The van der Waals surface area contributed by atoms with Crippen molar-refractivity contribution < 1.29 is 0 Å². The fourth-order valence-corrected chi connectivity index (χ4v) is 2.90. The molecule has 0 saturated carbocycles. The molecule has 0 bridgehead atoms. The zero-order chi connectivity index (χ0) is 11.5. The lowest BCUT2D eigenvalue weighted by molar-refractivity contribution is 0.303. The highest BCUT2D eigenvalue weighted by Gasteiger charge is 2.34. The van der Waals surface area contributed by atoms with Crippen molar-refractivity contribution in [1.82, 2.24) is 0 Å². The lowest BCUT2D eigenvalue weighted by atomic mass is 9.65. The smallest absolute Gasteiger partial charge is 0.00518 e. The van der Waals surface area contributed by atoms with E-state index in [4.69, 9.17) is 0 Å². The van der Waals surface area contributed by atoms with Crippen LogP contribution in [-0.2, 0) is 0 Å². The molecule has 85 valence electrons. The van der Waals surface area contributed by atoms with E-state index in [9.17, 15) is 0 Å². The minimum atomic E-state index is 0.152. The summed E-state index contributed by atoms with van der Waals surface area (Å²) in [4.78, 5) is 0. The first-order chi connectivity index (χ1) is 7.12. The highest BCUT2D eigenvalue weighted by atomic mass is 14.4. The molecule has 0 heteroatoms. The van der Waals surface area contributed by atoms with E-state index in [1.807, 2.05) is 0 Å². The molecule has 1 aliphatic carbocycles. The number of allylic oxidation sites excluding steroid dienone is 4. The molecule has 0 aromatic carbocycles. The molecule has 0 amide bonds. The highest BCUT2D eigenvalue weighted by Crippen LogP contribution is 2.45. The Kier molecular flexibility index (Phi) is 4.19. The van der Waals surface area contributed by atoms with Crippen LogP contribution in [0.4, 0.5) is 0 Å². The summed E-state index contributed by atoms with van der Waals surface area (Å²) in [7, 11) is 0. The molecule has 0 aromatic heterocycles. The lowest BCUT2D eigenvalue weighted by Crippen LogP contribution is -2.29. The van der Waals surface area contributed by atoms with Crippen molar-refractivity contribution in [3.05, 3.63) is 30.2 Å². The monoisotopic (exact) mass is 205 g/mol. The predicted molar refractivity (Wildman–Crippen MR) is 68.6 cm³/mol. The molecule has 0 aromatic rings. The zero-order valence-corrected chi connectivity index (χ0v) is 10.8. The van der Waals surface area contributed by atoms with Gasteiger partial charge < -0.3 is 0 Å². The maximum atomic E-state index is 4.45. The van der Waals surface area contributed by atoms with Gasteiger partial charge in [-0.3, -0.25) is 0 Å². The largest absolute Gasteiger partial charge is 0.0774 e. The second kappa shape index (κ2) is 5.01. The molecule has 0 fully saturated rings. The molecule has 0 nitrogen and oxygen atoms in total. The van der Waals surface area contributed by atoms with E-state index in [1.54, 1.807) is 11.1 Å². The van der Waals surface area contributed by atoms with Gasteiger partial charge in [-0.05, 0) is 49.5 Å². The summed E-state index contributed by atoms with van der Waals surface area (Å²) in [6.07, 6.45) is 9.37. The molecule has 0 aliphatic heterocycles. The Bertz CT molecular complexity index is 270. The summed E-state index contributed by atoms with van der Waals surface area (Å²) in [5.41, 5.74) is 3.36. The van der Waals surface area contributed by atoms with E-state index in [2.05, 4.69) is 46.8 Å². The summed E-state index contributed by atoms with van der Waals surface area (Å²) < 4.78 is 0. The first-order valence-electron chi connectivity index (χ1n) is 6.39. The standard InChI is InChI=1S/C15H25/c1-6-12-10-11-15(5,9-4)14(8-3)13(12)7-2/h10-11,14H,5-9H2,1-4H3. The summed E-state index contributed by atoms with van der Waals surface area (Å²) >= 11 is 0. The van der Waals surface area contributed by atoms with Crippen molar-refractivity contribution in [1.29, 1.82) is 0 Å². The molecule has 15 heavy (non-hydrogen) atoms. The van der Waals surface area contributed by atoms with Crippen molar-refractivity contribution in [3.8, 4) is 0 Å². The van der Waals surface area contributed by atoms with Gasteiger partial charge >= 0.3 is 0 Å². The van der Waals surface area contributed by atoms with E-state index in [1.165, 1.54) is 12.8 Å². The first kappa shape index (κ1) is 12.5. The first-order valence-corrected chi connectivity index (χ1v) is 6.39. The number of hydrogen-bond donors (Lipinski definition) is 0. The lowest BCUT2D eigenvalue weighted by Gasteiger charge is -2.39. The normalized spacial score (nSPS) is 31.1. The van der Waals surface area contributed by atoms with Gasteiger partial charge in [0.05, 0.1) is 0 Å². The topological polar surface area (TPSA) is 0 Å². The van der Waals surface area contributed by atoms with E-state index in [-0.39, 0.29) is 5.41 Å². The average Bonchev–Trinajstić information content (AvgIpc) is 2.28. The van der Waals surface area contributed by atoms with Crippen LogP contribution in [0.5, 0.6) is 0 Å².